The first-order valence-electron chi connectivity index (χ1n) is 16.8. The lowest BCUT2D eigenvalue weighted by atomic mass is 9.84. The van der Waals surface area contributed by atoms with E-state index in [0.717, 1.165) is 0 Å². The van der Waals surface area contributed by atoms with Crippen molar-refractivity contribution in [3.8, 4) is 22.3 Å². The van der Waals surface area contributed by atoms with Crippen molar-refractivity contribution in [2.45, 2.75) is 0 Å². The third-order valence-electron chi connectivity index (χ3n) is 10.8. The van der Waals surface area contributed by atoms with Crippen molar-refractivity contribution in [2.24, 2.45) is 0 Å². The van der Waals surface area contributed by atoms with Crippen LogP contribution in [0.1, 0.15) is 0 Å². The van der Waals surface area contributed by atoms with Gasteiger partial charge in [-0.15, -0.1) is 0 Å². The quantitative estimate of drug-likeness (QED) is 0.172. The van der Waals surface area contributed by atoms with E-state index in [2.05, 4.69) is 170 Å². The van der Waals surface area contributed by atoms with Gasteiger partial charge in [0.1, 0.15) is 0 Å². The Morgan fingerprint density at radius 2 is 0.646 bits per heavy atom. The Morgan fingerprint density at radius 3 is 1.31 bits per heavy atom. The Kier molecular flexibility index (Phi) is 5.20. The summed E-state index contributed by atoms with van der Waals surface area (Å²) < 4.78 is 0. The number of hydrogen-bond donors (Lipinski definition) is 0. The van der Waals surface area contributed by atoms with Gasteiger partial charge >= 0.3 is 0 Å². The van der Waals surface area contributed by atoms with Gasteiger partial charge in [0.05, 0.1) is 0 Å². The van der Waals surface area contributed by atoms with Gasteiger partial charge in [0, 0.05) is 0 Å². The highest BCUT2D eigenvalue weighted by atomic mass is 14.2. The standard InChI is InChI=1S/C48H28/c1-2-10-29(11-3-1)33-24-20-30-23-27-43-38(25-21-31-22-26-42(33)45(30)46(31)43)44-28-32-12-8-17-39-36-15-6-4-13-34(36)35-14-5-7-16-37(35)40-18-9-19-41(44)48(40)47(32)39/h1-28H. The molecule has 0 aliphatic carbocycles. The van der Waals surface area contributed by atoms with Crippen LogP contribution in [0.25, 0.3) is 108 Å². The van der Waals surface area contributed by atoms with Crippen molar-refractivity contribution in [1.29, 1.82) is 0 Å². The van der Waals surface area contributed by atoms with Crippen LogP contribution >= 0.6 is 0 Å². The molecule has 0 aromatic heterocycles. The van der Waals surface area contributed by atoms with Gasteiger partial charge in [0.15, 0.2) is 0 Å². The fourth-order valence-corrected chi connectivity index (χ4v) is 8.73. The van der Waals surface area contributed by atoms with Crippen LogP contribution in [0.2, 0.25) is 0 Å². The number of hydrogen-bond acceptors (Lipinski definition) is 0. The number of rotatable bonds is 2. The zero-order valence-electron chi connectivity index (χ0n) is 26.2. The van der Waals surface area contributed by atoms with Gasteiger partial charge < -0.3 is 0 Å². The molecule has 48 heavy (non-hydrogen) atoms. The molecule has 0 aliphatic rings. The SMILES string of the molecule is c1ccc(-c2ccc3ccc4c(-c5cc6cccc7c8ccccc8c8ccccc8c8cccc5c8c67)ccc5ccc2c3c54)cc1. The molecule has 0 spiro atoms. The van der Waals surface area contributed by atoms with E-state index in [9.17, 15) is 0 Å². The van der Waals surface area contributed by atoms with Gasteiger partial charge in [0.25, 0.3) is 0 Å². The summed E-state index contributed by atoms with van der Waals surface area (Å²) in [6.07, 6.45) is 0. The van der Waals surface area contributed by atoms with E-state index < -0.39 is 0 Å². The average molecular weight is 605 g/mol. The van der Waals surface area contributed by atoms with Gasteiger partial charge in [-0.05, 0) is 114 Å². The summed E-state index contributed by atoms with van der Waals surface area (Å²) in [5, 5.41) is 20.8. The van der Waals surface area contributed by atoms with Gasteiger partial charge in [-0.3, -0.25) is 0 Å². The van der Waals surface area contributed by atoms with Gasteiger partial charge in [0.2, 0.25) is 0 Å². The predicted octanol–water partition coefficient (Wildman–Crippen LogP) is 13.7. The zero-order valence-corrected chi connectivity index (χ0v) is 26.2. The maximum atomic E-state index is 2.45. The molecule has 0 nitrogen and oxygen atoms in total. The monoisotopic (exact) mass is 604 g/mol. The highest BCUT2D eigenvalue weighted by Crippen LogP contribution is 2.47. The van der Waals surface area contributed by atoms with Crippen LogP contribution in [0.15, 0.2) is 170 Å². The molecule has 220 valence electrons. The molecule has 0 N–H and O–H groups in total. The normalized spacial score (nSPS) is 12.2. The van der Waals surface area contributed by atoms with Crippen molar-refractivity contribution in [1.82, 2.24) is 0 Å². The largest absolute Gasteiger partial charge is 0.0622 e. The second-order valence-corrected chi connectivity index (χ2v) is 13.2. The molecular formula is C48H28. The highest BCUT2D eigenvalue weighted by Gasteiger charge is 2.19. The Balaban J connectivity index is 1.32. The van der Waals surface area contributed by atoms with Gasteiger partial charge in [-0.25, -0.2) is 0 Å². The first kappa shape index (κ1) is 25.9. The van der Waals surface area contributed by atoms with Crippen LogP contribution in [0.3, 0.4) is 0 Å². The molecule has 0 saturated heterocycles. The minimum absolute atomic E-state index is 1.25. The molecule has 0 radical (unpaired) electrons. The fourth-order valence-electron chi connectivity index (χ4n) is 8.73. The lowest BCUT2D eigenvalue weighted by Crippen LogP contribution is -1.91. The summed E-state index contributed by atoms with van der Waals surface area (Å²) in [7, 11) is 0. The molecule has 0 heteroatoms. The van der Waals surface area contributed by atoms with E-state index in [-0.39, 0.29) is 0 Å². The maximum absolute atomic E-state index is 2.45. The molecule has 0 heterocycles. The summed E-state index contributed by atoms with van der Waals surface area (Å²) in [5.41, 5.74) is 5.10. The predicted molar refractivity (Wildman–Crippen MR) is 209 cm³/mol. The van der Waals surface area contributed by atoms with Crippen molar-refractivity contribution < 1.29 is 0 Å². The first-order chi connectivity index (χ1) is 23.8. The average Bonchev–Trinajstić information content (AvgIpc) is 3.16. The number of fused-ring (bicyclic) bond motifs is 5. The topological polar surface area (TPSA) is 0 Å². The van der Waals surface area contributed by atoms with Gasteiger partial charge in [-0.1, -0.05) is 164 Å². The zero-order chi connectivity index (χ0) is 31.3. The lowest BCUT2D eigenvalue weighted by Gasteiger charge is -2.19. The Morgan fingerprint density at radius 1 is 0.208 bits per heavy atom. The third kappa shape index (κ3) is 3.44. The molecule has 11 aromatic carbocycles. The molecule has 0 aliphatic heterocycles. The van der Waals surface area contributed by atoms with Crippen molar-refractivity contribution >= 4 is 86.2 Å². The van der Waals surface area contributed by atoms with E-state index >= 15 is 0 Å². The Labute approximate surface area is 277 Å². The van der Waals surface area contributed by atoms with Crippen LogP contribution in [0, 0.1) is 0 Å². The summed E-state index contributed by atoms with van der Waals surface area (Å²) in [4.78, 5) is 0. The summed E-state index contributed by atoms with van der Waals surface area (Å²) >= 11 is 0. The maximum Gasteiger partial charge on any atom is -0.00141 e. The molecule has 11 aromatic rings. The molecule has 0 atom stereocenters. The van der Waals surface area contributed by atoms with E-state index in [1.54, 1.807) is 0 Å². The molecule has 0 amide bonds. The van der Waals surface area contributed by atoms with Crippen molar-refractivity contribution in [2.75, 3.05) is 0 Å². The minimum atomic E-state index is 1.25. The van der Waals surface area contributed by atoms with E-state index in [0.29, 0.717) is 0 Å². The summed E-state index contributed by atoms with van der Waals surface area (Å²) in [6, 6.07) is 63.4. The smallest absolute Gasteiger partial charge is 0.00141 e. The van der Waals surface area contributed by atoms with Crippen LogP contribution in [0.4, 0.5) is 0 Å². The summed E-state index contributed by atoms with van der Waals surface area (Å²) in [5.74, 6) is 0. The highest BCUT2D eigenvalue weighted by molar-refractivity contribution is 6.35. The van der Waals surface area contributed by atoms with Gasteiger partial charge in [-0.2, -0.15) is 0 Å². The van der Waals surface area contributed by atoms with Crippen LogP contribution < -0.4 is 0 Å². The molecule has 0 fully saturated rings. The van der Waals surface area contributed by atoms with Crippen LogP contribution in [0.5, 0.6) is 0 Å². The van der Waals surface area contributed by atoms with Crippen molar-refractivity contribution in [3.05, 3.63) is 170 Å². The molecule has 0 bridgehead atoms. The molecular weight excluding hydrogens is 577 g/mol. The Bertz CT molecular complexity index is 3090. The van der Waals surface area contributed by atoms with E-state index in [4.69, 9.17) is 0 Å². The molecule has 0 unspecified atom stereocenters. The third-order valence-corrected chi connectivity index (χ3v) is 10.8. The molecule has 11 rings (SSSR count). The molecule has 0 saturated carbocycles. The second-order valence-electron chi connectivity index (χ2n) is 13.2. The minimum Gasteiger partial charge on any atom is -0.0622 e. The van der Waals surface area contributed by atoms with E-state index in [1.807, 2.05) is 0 Å². The lowest BCUT2D eigenvalue weighted by molar-refractivity contribution is 1.66. The van der Waals surface area contributed by atoms with E-state index in [1.165, 1.54) is 108 Å². The fraction of sp³-hybridized carbons (Fsp3) is 0. The number of benzene rings is 10. The van der Waals surface area contributed by atoms with Crippen molar-refractivity contribution in [3.63, 3.8) is 0 Å². The second kappa shape index (κ2) is 9.64. The first-order valence-corrected chi connectivity index (χ1v) is 16.8. The Hall–Kier alpha value is -6.24. The van der Waals surface area contributed by atoms with Crippen LogP contribution in [-0.4, -0.2) is 0 Å². The summed E-state index contributed by atoms with van der Waals surface area (Å²) in [6.45, 7) is 0. The van der Waals surface area contributed by atoms with Crippen LogP contribution in [-0.2, 0) is 0 Å².